The van der Waals surface area contributed by atoms with Crippen molar-refractivity contribution >= 4 is 17.5 Å². The Balaban J connectivity index is 2.01. The molecule has 0 fully saturated rings. The van der Waals surface area contributed by atoms with Gasteiger partial charge in [-0.3, -0.25) is 9.59 Å². The van der Waals surface area contributed by atoms with Crippen LogP contribution in [-0.4, -0.2) is 39.6 Å². The predicted molar refractivity (Wildman–Crippen MR) is 91.7 cm³/mol. The van der Waals surface area contributed by atoms with Gasteiger partial charge in [0.25, 0.3) is 5.91 Å². The van der Waals surface area contributed by atoms with Gasteiger partial charge >= 0.3 is 0 Å². The zero-order valence-electron chi connectivity index (χ0n) is 13.9. The fourth-order valence-electron chi connectivity index (χ4n) is 2.11. The van der Waals surface area contributed by atoms with Crippen molar-refractivity contribution in [1.29, 1.82) is 0 Å². The second kappa shape index (κ2) is 8.01. The second-order valence-electron chi connectivity index (χ2n) is 5.07. The number of likely N-dealkylation sites (N-methyl/N-ethyl adjacent to an activating group) is 1. The number of anilines is 1. The Morgan fingerprint density at radius 2 is 1.58 bits per heavy atom. The third-order valence-electron chi connectivity index (χ3n) is 3.53. The molecule has 0 heterocycles. The zero-order valence-corrected chi connectivity index (χ0v) is 13.9. The minimum atomic E-state index is -0.373. The van der Waals surface area contributed by atoms with Crippen LogP contribution < -0.4 is 19.7 Å². The molecule has 2 aromatic carbocycles. The van der Waals surface area contributed by atoms with E-state index in [1.54, 1.807) is 25.2 Å². The van der Waals surface area contributed by atoms with Crippen molar-refractivity contribution in [3.05, 3.63) is 54.1 Å². The van der Waals surface area contributed by atoms with Gasteiger partial charge in [0, 0.05) is 24.4 Å². The third kappa shape index (κ3) is 4.25. The lowest BCUT2D eigenvalue weighted by atomic mass is 10.2. The maximum Gasteiger partial charge on any atom is 0.251 e. The summed E-state index contributed by atoms with van der Waals surface area (Å²) in [6, 6.07) is 14.1. The van der Waals surface area contributed by atoms with Crippen LogP contribution in [0.4, 0.5) is 5.69 Å². The maximum absolute atomic E-state index is 12.3. The molecule has 0 unspecified atom stereocenters. The van der Waals surface area contributed by atoms with Crippen molar-refractivity contribution in [2.24, 2.45) is 0 Å². The molecule has 0 radical (unpaired) electrons. The highest BCUT2D eigenvalue weighted by atomic mass is 16.5. The molecule has 0 bridgehead atoms. The first-order chi connectivity index (χ1) is 11.5. The molecule has 2 amide bonds. The average Bonchev–Trinajstić information content (AvgIpc) is 2.65. The normalized spacial score (nSPS) is 9.96. The number of rotatable bonds is 6. The van der Waals surface area contributed by atoms with Gasteiger partial charge in [-0.2, -0.15) is 0 Å². The molecule has 0 aliphatic carbocycles. The lowest BCUT2D eigenvalue weighted by Crippen LogP contribution is -2.38. The first-order valence-corrected chi connectivity index (χ1v) is 7.38. The largest absolute Gasteiger partial charge is 0.497 e. The highest BCUT2D eigenvalue weighted by Gasteiger charge is 2.14. The predicted octanol–water partition coefficient (Wildman–Crippen LogP) is 2.10. The van der Waals surface area contributed by atoms with Crippen molar-refractivity contribution in [1.82, 2.24) is 5.32 Å². The van der Waals surface area contributed by atoms with E-state index < -0.39 is 0 Å². The number of carbonyl (C=O) groups excluding carboxylic acids is 2. The van der Waals surface area contributed by atoms with E-state index >= 15 is 0 Å². The number of para-hydroxylation sites is 1. The Morgan fingerprint density at radius 3 is 2.12 bits per heavy atom. The van der Waals surface area contributed by atoms with Gasteiger partial charge in [-0.1, -0.05) is 18.2 Å². The molecular weight excluding hydrogens is 308 g/mol. The molecule has 6 heteroatoms. The quantitative estimate of drug-likeness (QED) is 0.882. The standard InChI is InChI=1S/C18H20N2O4/c1-20(14-7-5-4-6-8-14)17(21)12-19-18(22)13-9-15(23-2)11-16(10-13)24-3/h4-11H,12H2,1-3H3,(H,19,22). The number of methoxy groups -OCH3 is 2. The van der Waals surface area contributed by atoms with E-state index in [1.807, 2.05) is 30.3 Å². The first kappa shape index (κ1) is 17.3. The fourth-order valence-corrected chi connectivity index (χ4v) is 2.11. The SMILES string of the molecule is COc1cc(OC)cc(C(=O)NCC(=O)N(C)c2ccccc2)c1. The van der Waals surface area contributed by atoms with E-state index in [4.69, 9.17) is 9.47 Å². The third-order valence-corrected chi connectivity index (χ3v) is 3.53. The monoisotopic (exact) mass is 328 g/mol. The number of amides is 2. The second-order valence-corrected chi connectivity index (χ2v) is 5.07. The van der Waals surface area contributed by atoms with Crippen molar-refractivity contribution in [2.45, 2.75) is 0 Å². The minimum Gasteiger partial charge on any atom is -0.497 e. The van der Waals surface area contributed by atoms with E-state index in [0.717, 1.165) is 5.69 Å². The summed E-state index contributed by atoms with van der Waals surface area (Å²) < 4.78 is 10.3. The molecule has 0 saturated heterocycles. The topological polar surface area (TPSA) is 67.9 Å². The molecule has 1 N–H and O–H groups in total. The van der Waals surface area contributed by atoms with E-state index in [0.29, 0.717) is 17.1 Å². The molecule has 2 aromatic rings. The van der Waals surface area contributed by atoms with E-state index in [1.165, 1.54) is 19.1 Å². The highest BCUT2D eigenvalue weighted by molar-refractivity contribution is 6.00. The summed E-state index contributed by atoms with van der Waals surface area (Å²) >= 11 is 0. The number of hydrogen-bond acceptors (Lipinski definition) is 4. The molecule has 0 aromatic heterocycles. The summed E-state index contributed by atoms with van der Waals surface area (Å²) in [6.07, 6.45) is 0. The summed E-state index contributed by atoms with van der Waals surface area (Å²) in [5.41, 5.74) is 1.13. The van der Waals surface area contributed by atoms with Crippen molar-refractivity contribution < 1.29 is 19.1 Å². The summed E-state index contributed by atoms with van der Waals surface area (Å²) in [7, 11) is 4.68. The van der Waals surface area contributed by atoms with Gasteiger partial charge in [0.2, 0.25) is 5.91 Å². The Kier molecular flexibility index (Phi) is 5.78. The van der Waals surface area contributed by atoms with Crippen molar-refractivity contribution in [3.63, 3.8) is 0 Å². The highest BCUT2D eigenvalue weighted by Crippen LogP contribution is 2.22. The van der Waals surface area contributed by atoms with Crippen LogP contribution in [0.1, 0.15) is 10.4 Å². The molecule has 0 saturated carbocycles. The lowest BCUT2D eigenvalue weighted by molar-refractivity contribution is -0.117. The Hall–Kier alpha value is -3.02. The molecule has 0 spiro atoms. The molecule has 6 nitrogen and oxygen atoms in total. The van der Waals surface area contributed by atoms with Gasteiger partial charge in [0.05, 0.1) is 20.8 Å². The van der Waals surface area contributed by atoms with Crippen LogP contribution >= 0.6 is 0 Å². The van der Waals surface area contributed by atoms with Gasteiger partial charge in [-0.15, -0.1) is 0 Å². The number of hydrogen-bond donors (Lipinski definition) is 1. The zero-order chi connectivity index (χ0) is 17.5. The van der Waals surface area contributed by atoms with E-state index in [-0.39, 0.29) is 18.4 Å². The number of carbonyl (C=O) groups is 2. The molecule has 0 aliphatic heterocycles. The molecule has 0 atom stereocenters. The number of benzene rings is 2. The fraction of sp³-hybridized carbons (Fsp3) is 0.222. The summed E-state index contributed by atoms with van der Waals surface area (Å²) in [5.74, 6) is 0.422. The van der Waals surface area contributed by atoms with E-state index in [9.17, 15) is 9.59 Å². The maximum atomic E-state index is 12.3. The van der Waals surface area contributed by atoms with Gasteiger partial charge in [-0.25, -0.2) is 0 Å². The first-order valence-electron chi connectivity index (χ1n) is 7.38. The van der Waals surface area contributed by atoms with Crippen LogP contribution in [0.15, 0.2) is 48.5 Å². The number of ether oxygens (including phenoxy) is 2. The molecule has 0 aliphatic rings. The molecule has 2 rings (SSSR count). The number of nitrogens with one attached hydrogen (secondary N) is 1. The van der Waals surface area contributed by atoms with Crippen LogP contribution in [0.25, 0.3) is 0 Å². The van der Waals surface area contributed by atoms with Gasteiger partial charge in [0.1, 0.15) is 11.5 Å². The van der Waals surface area contributed by atoms with E-state index in [2.05, 4.69) is 5.32 Å². The average molecular weight is 328 g/mol. The lowest BCUT2D eigenvalue weighted by Gasteiger charge is -2.17. The van der Waals surface area contributed by atoms with Crippen molar-refractivity contribution in [3.8, 4) is 11.5 Å². The molecular formula is C18H20N2O4. The molecule has 126 valence electrons. The Labute approximate surface area is 141 Å². The van der Waals surface area contributed by atoms with Crippen LogP contribution in [0.5, 0.6) is 11.5 Å². The Bertz CT molecular complexity index is 694. The summed E-state index contributed by atoms with van der Waals surface area (Å²) in [4.78, 5) is 25.9. The van der Waals surface area contributed by atoms with Gasteiger partial charge in [0.15, 0.2) is 0 Å². The molecule has 24 heavy (non-hydrogen) atoms. The van der Waals surface area contributed by atoms with Gasteiger partial charge < -0.3 is 19.7 Å². The summed E-state index contributed by atoms with van der Waals surface area (Å²) in [6.45, 7) is -0.107. The summed E-state index contributed by atoms with van der Waals surface area (Å²) in [5, 5.41) is 2.61. The van der Waals surface area contributed by atoms with Crippen LogP contribution in [0, 0.1) is 0 Å². The smallest absolute Gasteiger partial charge is 0.251 e. The van der Waals surface area contributed by atoms with Crippen molar-refractivity contribution in [2.75, 3.05) is 32.7 Å². The van der Waals surface area contributed by atoms with Crippen LogP contribution in [0.3, 0.4) is 0 Å². The van der Waals surface area contributed by atoms with Crippen LogP contribution in [0.2, 0.25) is 0 Å². The van der Waals surface area contributed by atoms with Gasteiger partial charge in [-0.05, 0) is 24.3 Å². The Morgan fingerprint density at radius 1 is 1.00 bits per heavy atom. The number of nitrogens with zero attached hydrogens (tertiary/aromatic N) is 1. The van der Waals surface area contributed by atoms with Crippen LogP contribution in [-0.2, 0) is 4.79 Å². The minimum absolute atomic E-state index is 0.107.